The molecule has 0 unspecified atom stereocenters. The van der Waals surface area contributed by atoms with E-state index < -0.39 is 0 Å². The van der Waals surface area contributed by atoms with Crippen LogP contribution in [-0.2, 0) is 16.6 Å². The van der Waals surface area contributed by atoms with Gasteiger partial charge in [-0.25, -0.2) is 4.98 Å². The van der Waals surface area contributed by atoms with Gasteiger partial charge in [-0.3, -0.25) is 14.6 Å². The molecule has 11 heteroatoms. The number of carbonyl (C=O) groups excluding carboxylic acids is 1. The number of hydrogen-bond acceptors (Lipinski definition) is 7. The van der Waals surface area contributed by atoms with Crippen molar-refractivity contribution in [2.24, 2.45) is 13.0 Å². The van der Waals surface area contributed by atoms with Crippen LogP contribution in [0.4, 0.5) is 11.6 Å². The van der Waals surface area contributed by atoms with Gasteiger partial charge in [-0.2, -0.15) is 14.9 Å². The number of morpholine rings is 1. The van der Waals surface area contributed by atoms with Gasteiger partial charge in [0.05, 0.1) is 36.5 Å². The number of H-pyrrole nitrogens is 1. The third kappa shape index (κ3) is 3.44. The van der Waals surface area contributed by atoms with Gasteiger partial charge in [0, 0.05) is 37.3 Å². The summed E-state index contributed by atoms with van der Waals surface area (Å²) >= 11 is 0. The van der Waals surface area contributed by atoms with E-state index in [2.05, 4.69) is 38.5 Å². The number of aromatic nitrogens is 7. The molecule has 2 fully saturated rings. The lowest BCUT2D eigenvalue weighted by molar-refractivity contribution is -0.117. The smallest absolute Gasteiger partial charge is 0.228 e. The monoisotopic (exact) mass is 447 g/mol. The summed E-state index contributed by atoms with van der Waals surface area (Å²) in [6.45, 7) is 4.16. The summed E-state index contributed by atoms with van der Waals surface area (Å²) in [6, 6.07) is 6.03. The summed E-state index contributed by atoms with van der Waals surface area (Å²) in [4.78, 5) is 20.0. The lowest BCUT2D eigenvalue weighted by Crippen LogP contribution is -2.44. The van der Waals surface area contributed by atoms with Gasteiger partial charge in [0.2, 0.25) is 5.91 Å². The van der Waals surface area contributed by atoms with Crippen molar-refractivity contribution in [2.75, 3.05) is 30.0 Å². The van der Waals surface area contributed by atoms with Crippen molar-refractivity contribution in [2.45, 2.75) is 25.8 Å². The summed E-state index contributed by atoms with van der Waals surface area (Å²) < 4.78 is 9.17. The minimum Gasteiger partial charge on any atom is -0.377 e. The number of anilines is 2. The molecule has 0 spiro atoms. The van der Waals surface area contributed by atoms with E-state index in [-0.39, 0.29) is 17.9 Å². The predicted octanol–water partition coefficient (Wildman–Crippen LogP) is 2.12. The fraction of sp³-hybridized carbons (Fsp3) is 0.409. The number of hydrogen-bond donors (Lipinski definition) is 2. The van der Waals surface area contributed by atoms with Gasteiger partial charge in [-0.05, 0) is 31.9 Å². The van der Waals surface area contributed by atoms with Crippen LogP contribution in [-0.4, -0.2) is 66.4 Å². The summed E-state index contributed by atoms with van der Waals surface area (Å²) in [5, 5.41) is 20.0. The molecule has 0 aromatic carbocycles. The fourth-order valence-electron chi connectivity index (χ4n) is 4.34. The first-order chi connectivity index (χ1) is 16.1. The first-order valence-corrected chi connectivity index (χ1v) is 11.2. The van der Waals surface area contributed by atoms with Crippen molar-refractivity contribution in [3.63, 3.8) is 0 Å². The Bertz CT molecular complexity index is 1320. The minimum atomic E-state index is -0.00649. The number of nitrogens with zero attached hydrogens (tertiary/aromatic N) is 7. The average Bonchev–Trinajstić information content (AvgIpc) is 3.18. The second kappa shape index (κ2) is 7.69. The Hall–Kier alpha value is -3.73. The van der Waals surface area contributed by atoms with E-state index in [0.29, 0.717) is 30.5 Å². The molecule has 170 valence electrons. The molecule has 6 rings (SSSR count). The molecule has 0 bridgehead atoms. The van der Waals surface area contributed by atoms with E-state index in [1.807, 2.05) is 23.9 Å². The molecule has 1 saturated carbocycles. The summed E-state index contributed by atoms with van der Waals surface area (Å²) in [7, 11) is 1.90. The molecule has 1 atom stereocenters. The van der Waals surface area contributed by atoms with Gasteiger partial charge in [0.15, 0.2) is 17.3 Å². The minimum absolute atomic E-state index is 0.00649. The van der Waals surface area contributed by atoms with Crippen LogP contribution in [0.25, 0.3) is 28.1 Å². The van der Waals surface area contributed by atoms with Crippen molar-refractivity contribution < 1.29 is 9.53 Å². The van der Waals surface area contributed by atoms with Crippen LogP contribution in [0.15, 0.2) is 30.6 Å². The number of carbonyl (C=O) groups is 1. The molecule has 4 aromatic heterocycles. The highest BCUT2D eigenvalue weighted by Gasteiger charge is 2.32. The maximum Gasteiger partial charge on any atom is 0.228 e. The summed E-state index contributed by atoms with van der Waals surface area (Å²) in [5.41, 5.74) is 2.46. The normalized spacial score (nSPS) is 18.7. The number of amides is 1. The first-order valence-electron chi connectivity index (χ1n) is 11.2. The lowest BCUT2D eigenvalue weighted by atomic mass is 10.1. The topological polar surface area (TPSA) is 119 Å². The average molecular weight is 448 g/mol. The molecule has 2 N–H and O–H groups in total. The fourth-order valence-corrected chi connectivity index (χ4v) is 4.34. The summed E-state index contributed by atoms with van der Waals surface area (Å²) in [5.74, 6) is 2.03. The van der Waals surface area contributed by atoms with Crippen LogP contribution < -0.4 is 10.2 Å². The van der Waals surface area contributed by atoms with Crippen molar-refractivity contribution in [3.8, 4) is 17.1 Å². The van der Waals surface area contributed by atoms with E-state index in [1.165, 1.54) is 0 Å². The molecule has 1 amide bonds. The number of rotatable bonds is 5. The Morgan fingerprint density at radius 1 is 1.27 bits per heavy atom. The van der Waals surface area contributed by atoms with Crippen molar-refractivity contribution in [1.29, 1.82) is 0 Å². The number of nitrogens with one attached hydrogen (secondary N) is 2. The molecular formula is C22H25N9O2. The van der Waals surface area contributed by atoms with Crippen molar-refractivity contribution in [1.82, 2.24) is 34.7 Å². The maximum absolute atomic E-state index is 12.7. The third-order valence-electron chi connectivity index (χ3n) is 6.29. The number of fused-ring (bicyclic) bond motifs is 1. The maximum atomic E-state index is 12.7. The molecule has 1 saturated heterocycles. The summed E-state index contributed by atoms with van der Waals surface area (Å²) in [6.07, 6.45) is 5.26. The van der Waals surface area contributed by atoms with Gasteiger partial charge < -0.3 is 15.0 Å². The van der Waals surface area contributed by atoms with Crippen LogP contribution in [0.5, 0.6) is 0 Å². The standard InChI is InChI=1S/C22H25N9O2/c1-13-12-33-10-9-30(13)18-11-15(16-5-8-24-29(16)2)19-20(26-22(32)14-3-4-14)28-31(21(19)25-18)17-6-7-23-27-17/h5-8,11,13-14H,3-4,9-10,12H2,1-2H3,(H,23,27)(H,26,28,32)/t13-/m1/s1. The lowest BCUT2D eigenvalue weighted by Gasteiger charge is -2.34. The number of aryl methyl sites for hydroxylation is 1. The Kier molecular flexibility index (Phi) is 4.64. The second-order valence-electron chi connectivity index (χ2n) is 8.65. The molecule has 2 aliphatic rings. The van der Waals surface area contributed by atoms with Crippen molar-refractivity contribution in [3.05, 3.63) is 30.6 Å². The van der Waals surface area contributed by atoms with Gasteiger partial charge in [-0.15, -0.1) is 5.10 Å². The van der Waals surface area contributed by atoms with Crippen LogP contribution in [0.3, 0.4) is 0 Å². The molecule has 5 heterocycles. The van der Waals surface area contributed by atoms with Crippen LogP contribution >= 0.6 is 0 Å². The largest absolute Gasteiger partial charge is 0.377 e. The molecular weight excluding hydrogens is 422 g/mol. The Morgan fingerprint density at radius 3 is 2.85 bits per heavy atom. The van der Waals surface area contributed by atoms with E-state index in [4.69, 9.17) is 14.8 Å². The molecule has 33 heavy (non-hydrogen) atoms. The van der Waals surface area contributed by atoms with Gasteiger partial charge in [0.1, 0.15) is 5.82 Å². The Labute approximate surface area is 189 Å². The van der Waals surface area contributed by atoms with E-state index in [1.54, 1.807) is 17.1 Å². The highest BCUT2D eigenvalue weighted by atomic mass is 16.5. The predicted molar refractivity (Wildman–Crippen MR) is 122 cm³/mol. The van der Waals surface area contributed by atoms with Gasteiger partial charge in [0.25, 0.3) is 0 Å². The zero-order chi connectivity index (χ0) is 22.5. The number of aromatic amines is 1. The Balaban J connectivity index is 1.61. The Morgan fingerprint density at radius 2 is 2.15 bits per heavy atom. The third-order valence-corrected chi connectivity index (χ3v) is 6.29. The molecule has 0 radical (unpaired) electrons. The zero-order valence-electron chi connectivity index (χ0n) is 18.5. The number of ether oxygens (including phenoxy) is 1. The molecule has 1 aliphatic heterocycles. The molecule has 4 aromatic rings. The van der Waals surface area contributed by atoms with Crippen LogP contribution in [0, 0.1) is 5.92 Å². The second-order valence-corrected chi connectivity index (χ2v) is 8.65. The SMILES string of the molecule is C[C@@H]1COCCN1c1cc(-c2ccnn2C)c2c(NC(=O)C3CC3)nn(-c3ccn[nH]3)c2n1. The van der Waals surface area contributed by atoms with Crippen LogP contribution in [0.1, 0.15) is 19.8 Å². The van der Waals surface area contributed by atoms with E-state index >= 15 is 0 Å². The number of pyridine rings is 1. The highest BCUT2D eigenvalue weighted by Crippen LogP contribution is 2.38. The zero-order valence-corrected chi connectivity index (χ0v) is 18.5. The van der Waals surface area contributed by atoms with Gasteiger partial charge >= 0.3 is 0 Å². The van der Waals surface area contributed by atoms with Gasteiger partial charge in [-0.1, -0.05) is 0 Å². The quantitative estimate of drug-likeness (QED) is 0.481. The van der Waals surface area contributed by atoms with Crippen LogP contribution in [0.2, 0.25) is 0 Å². The molecule has 1 aliphatic carbocycles. The first kappa shape index (κ1) is 19.9. The molecule has 11 nitrogen and oxygen atoms in total. The van der Waals surface area contributed by atoms with E-state index in [9.17, 15) is 4.79 Å². The van der Waals surface area contributed by atoms with Crippen molar-refractivity contribution >= 4 is 28.6 Å². The highest BCUT2D eigenvalue weighted by molar-refractivity contribution is 6.07. The van der Waals surface area contributed by atoms with E-state index in [0.717, 1.165) is 41.8 Å².